The quantitative estimate of drug-likeness (QED) is 0.413. The maximum absolute atomic E-state index is 5.42. The van der Waals surface area contributed by atoms with Crippen LogP contribution >= 0.6 is 0 Å². The van der Waals surface area contributed by atoms with Gasteiger partial charge in [0.1, 0.15) is 11.7 Å². The van der Waals surface area contributed by atoms with Crippen molar-refractivity contribution in [1.82, 2.24) is 0 Å². The fourth-order valence-corrected chi connectivity index (χ4v) is 1.37. The molecule has 1 aliphatic carbocycles. The summed E-state index contributed by atoms with van der Waals surface area (Å²) in [5, 5.41) is 0. The summed E-state index contributed by atoms with van der Waals surface area (Å²) in [7, 11) is 0. The molecule has 0 N–H and O–H groups in total. The Morgan fingerprint density at radius 3 is 2.80 bits per heavy atom. The first-order valence-electron chi connectivity index (χ1n) is 3.26. The number of fused-ring (bicyclic) bond motifs is 1. The Morgan fingerprint density at radius 1 is 1.60 bits per heavy atom. The third-order valence-electron chi connectivity index (χ3n) is 2.03. The van der Waals surface area contributed by atoms with Gasteiger partial charge in [-0.1, -0.05) is 18.2 Å². The van der Waals surface area contributed by atoms with Crippen molar-refractivity contribution < 1.29 is 21.8 Å². The molecule has 0 saturated carbocycles. The second kappa shape index (κ2) is 2.23. The number of hydrogen-bond acceptors (Lipinski definition) is 1. The zero-order valence-corrected chi connectivity index (χ0v) is 6.96. The van der Waals surface area contributed by atoms with Gasteiger partial charge < -0.3 is 4.74 Å². The summed E-state index contributed by atoms with van der Waals surface area (Å²) in [6.07, 6.45) is 6.69. The molecule has 2 unspecified atom stereocenters. The molecule has 0 aromatic carbocycles. The van der Waals surface area contributed by atoms with Gasteiger partial charge in [-0.25, -0.2) is 0 Å². The van der Waals surface area contributed by atoms with E-state index in [0.29, 0.717) is 6.10 Å². The predicted octanol–water partition coefficient (Wildman–Crippen LogP) is 1.66. The van der Waals surface area contributed by atoms with Crippen molar-refractivity contribution in [3.05, 3.63) is 23.8 Å². The Morgan fingerprint density at radius 2 is 2.30 bits per heavy atom. The molecular weight excluding hydrogens is 176 g/mol. The van der Waals surface area contributed by atoms with Crippen molar-refractivity contribution in [2.45, 2.75) is 25.6 Å². The van der Waals surface area contributed by atoms with Crippen LogP contribution in [0.2, 0.25) is 0 Å². The van der Waals surface area contributed by atoms with Crippen LogP contribution in [0.4, 0.5) is 0 Å². The summed E-state index contributed by atoms with van der Waals surface area (Å²) in [4.78, 5) is 0. The maximum Gasteiger partial charge on any atom is 1.00 e. The molecule has 1 fully saturated rings. The Kier molecular flexibility index (Phi) is 1.80. The van der Waals surface area contributed by atoms with E-state index in [1.807, 2.05) is 0 Å². The van der Waals surface area contributed by atoms with Gasteiger partial charge in [0.15, 0.2) is 0 Å². The first kappa shape index (κ1) is 8.06. The summed E-state index contributed by atoms with van der Waals surface area (Å²) in [5.41, 5.74) is 1.42. The van der Waals surface area contributed by atoms with Crippen LogP contribution in [-0.4, -0.2) is 11.7 Å². The van der Waals surface area contributed by atoms with E-state index < -0.39 is 0 Å². The van der Waals surface area contributed by atoms with Crippen molar-refractivity contribution in [3.8, 4) is 0 Å². The fraction of sp³-hybridized carbons (Fsp3) is 0.500. The molecule has 1 aliphatic heterocycles. The maximum atomic E-state index is 5.42. The molecule has 0 spiro atoms. The van der Waals surface area contributed by atoms with Gasteiger partial charge >= 0.3 is 17.1 Å². The summed E-state index contributed by atoms with van der Waals surface area (Å²) in [6.45, 7) is 4.23. The molecule has 0 radical (unpaired) electrons. The van der Waals surface area contributed by atoms with E-state index in [2.05, 4.69) is 32.1 Å². The van der Waals surface area contributed by atoms with Crippen LogP contribution in [0.3, 0.4) is 0 Å². The Balaban J connectivity index is 0.000000500. The van der Waals surface area contributed by atoms with Crippen LogP contribution in [0.5, 0.6) is 0 Å². The summed E-state index contributed by atoms with van der Waals surface area (Å²) in [5.74, 6) is 0. The fourth-order valence-electron chi connectivity index (χ4n) is 1.37. The van der Waals surface area contributed by atoms with Crippen LogP contribution in [-0.2, 0) is 21.8 Å². The van der Waals surface area contributed by atoms with Crippen molar-refractivity contribution >= 4 is 0 Å². The topological polar surface area (TPSA) is 12.5 Å². The van der Waals surface area contributed by atoms with Crippen molar-refractivity contribution in [2.75, 3.05) is 0 Å². The van der Waals surface area contributed by atoms with E-state index in [1.54, 1.807) is 0 Å². The number of ether oxygens (including phenoxy) is 1. The minimum atomic E-state index is 0. The monoisotopic (exact) mass is 185 g/mol. The molecular formula is C8H10CuO+. The number of allylic oxidation sites excluding steroid dienone is 2. The first-order valence-corrected chi connectivity index (χ1v) is 3.26. The Bertz CT molecular complexity index is 207. The van der Waals surface area contributed by atoms with E-state index >= 15 is 0 Å². The minimum Gasteiger partial charge on any atom is -0.357 e. The molecule has 2 aliphatic rings. The minimum absolute atomic E-state index is 0. The van der Waals surface area contributed by atoms with Crippen LogP contribution in [0.25, 0.3) is 0 Å². The van der Waals surface area contributed by atoms with Crippen molar-refractivity contribution in [1.29, 1.82) is 0 Å². The Labute approximate surface area is 71.6 Å². The SMILES string of the molecule is CC1=CC=CC2(C)OC12.[Cu+]. The molecule has 2 atom stereocenters. The van der Waals surface area contributed by atoms with E-state index in [4.69, 9.17) is 4.74 Å². The first-order chi connectivity index (χ1) is 4.22. The van der Waals surface area contributed by atoms with Gasteiger partial charge in [0, 0.05) is 0 Å². The molecule has 0 aromatic heterocycles. The molecule has 0 bridgehead atoms. The third kappa shape index (κ3) is 0.968. The number of hydrogen-bond donors (Lipinski definition) is 0. The van der Waals surface area contributed by atoms with Crippen LogP contribution < -0.4 is 0 Å². The number of rotatable bonds is 0. The zero-order chi connectivity index (χ0) is 6.48. The molecule has 1 heterocycles. The number of epoxide rings is 1. The zero-order valence-electron chi connectivity index (χ0n) is 6.02. The van der Waals surface area contributed by atoms with Gasteiger partial charge in [-0.05, 0) is 19.4 Å². The average molecular weight is 186 g/mol. The van der Waals surface area contributed by atoms with E-state index in [9.17, 15) is 0 Å². The van der Waals surface area contributed by atoms with E-state index in [1.165, 1.54) is 5.57 Å². The summed E-state index contributed by atoms with van der Waals surface area (Å²) in [6, 6.07) is 0. The van der Waals surface area contributed by atoms with Crippen LogP contribution in [0, 0.1) is 0 Å². The second-order valence-corrected chi connectivity index (χ2v) is 2.95. The standard InChI is InChI=1S/C8H10O.Cu/c1-6-4-3-5-8(2)7(6)9-8;/h3-5,7H,1-2H3;/q;+1. The van der Waals surface area contributed by atoms with Gasteiger partial charge in [0.2, 0.25) is 0 Å². The van der Waals surface area contributed by atoms with Crippen molar-refractivity contribution in [2.24, 2.45) is 0 Å². The molecule has 2 rings (SSSR count). The van der Waals surface area contributed by atoms with Gasteiger partial charge in [0.25, 0.3) is 0 Å². The van der Waals surface area contributed by atoms with Crippen molar-refractivity contribution in [3.63, 3.8) is 0 Å². The smallest absolute Gasteiger partial charge is 0.357 e. The molecule has 0 aromatic rings. The molecule has 2 heteroatoms. The molecule has 1 saturated heterocycles. The molecule has 0 amide bonds. The molecule has 58 valence electrons. The average Bonchev–Trinajstić information content (AvgIpc) is 2.43. The van der Waals surface area contributed by atoms with E-state index in [0.717, 1.165) is 0 Å². The Hall–Kier alpha value is -0.0405. The third-order valence-corrected chi connectivity index (χ3v) is 2.03. The second-order valence-electron chi connectivity index (χ2n) is 2.95. The van der Waals surface area contributed by atoms with Gasteiger partial charge in [-0.15, -0.1) is 0 Å². The molecule has 1 nitrogen and oxygen atoms in total. The van der Waals surface area contributed by atoms with Gasteiger partial charge in [0.05, 0.1) is 0 Å². The largest absolute Gasteiger partial charge is 1.00 e. The summed E-state index contributed by atoms with van der Waals surface area (Å²) < 4.78 is 5.42. The van der Waals surface area contributed by atoms with Gasteiger partial charge in [-0.2, -0.15) is 0 Å². The van der Waals surface area contributed by atoms with E-state index in [-0.39, 0.29) is 22.7 Å². The summed E-state index contributed by atoms with van der Waals surface area (Å²) >= 11 is 0. The predicted molar refractivity (Wildman–Crippen MR) is 36.2 cm³/mol. The van der Waals surface area contributed by atoms with Crippen LogP contribution in [0.1, 0.15) is 13.8 Å². The van der Waals surface area contributed by atoms with Gasteiger partial charge in [-0.3, -0.25) is 0 Å². The molecule has 10 heavy (non-hydrogen) atoms. The van der Waals surface area contributed by atoms with Crippen LogP contribution in [0.15, 0.2) is 23.8 Å². The normalized spacial score (nSPS) is 41.4.